The normalized spacial score (nSPS) is 11.5. The average molecular weight is 337 g/mol. The van der Waals surface area contributed by atoms with E-state index in [0.717, 1.165) is 19.8 Å². The van der Waals surface area contributed by atoms with E-state index in [-0.39, 0.29) is 0 Å². The van der Waals surface area contributed by atoms with Crippen LogP contribution in [-0.2, 0) is 28.4 Å². The molecule has 0 aromatic carbocycles. The first-order valence-corrected chi connectivity index (χ1v) is 8.38. The van der Waals surface area contributed by atoms with E-state index in [2.05, 4.69) is 4.90 Å². The topological polar surface area (TPSA) is 58.6 Å². The summed E-state index contributed by atoms with van der Waals surface area (Å²) in [6, 6.07) is 0. The Hall–Kier alpha value is -0.280. The Labute approximate surface area is 141 Å². The van der Waals surface area contributed by atoms with Crippen molar-refractivity contribution in [1.29, 1.82) is 0 Å². The Kier molecular flexibility index (Phi) is 19.5. The second kappa shape index (κ2) is 19.8. The molecule has 0 atom stereocenters. The van der Waals surface area contributed by atoms with Crippen LogP contribution in [0.1, 0.15) is 6.92 Å². The van der Waals surface area contributed by atoms with Gasteiger partial charge in [-0.1, -0.05) is 0 Å². The predicted molar refractivity (Wildman–Crippen MR) is 89.1 cm³/mol. The molecule has 0 N–H and O–H groups in total. The van der Waals surface area contributed by atoms with Gasteiger partial charge in [0, 0.05) is 13.2 Å². The first kappa shape index (κ1) is 22.7. The molecule has 0 aliphatic carbocycles. The summed E-state index contributed by atoms with van der Waals surface area (Å²) in [6.07, 6.45) is 0. The lowest BCUT2D eigenvalue weighted by Crippen LogP contribution is -2.19. The zero-order valence-corrected chi connectivity index (χ0v) is 15.1. The van der Waals surface area contributed by atoms with Gasteiger partial charge in [0.1, 0.15) is 0 Å². The minimum absolute atomic E-state index is 0.571. The lowest BCUT2D eigenvalue weighted by atomic mass is 10.6. The molecule has 0 aliphatic rings. The molecule has 23 heavy (non-hydrogen) atoms. The summed E-state index contributed by atoms with van der Waals surface area (Å²) in [5.74, 6) is 0. The van der Waals surface area contributed by atoms with Crippen molar-refractivity contribution in [2.45, 2.75) is 6.92 Å². The molecule has 0 unspecified atom stereocenters. The van der Waals surface area contributed by atoms with Crippen LogP contribution in [0.5, 0.6) is 0 Å². The first-order chi connectivity index (χ1) is 11.3. The van der Waals surface area contributed by atoms with E-state index in [0.29, 0.717) is 66.1 Å². The zero-order valence-electron chi connectivity index (χ0n) is 15.1. The van der Waals surface area contributed by atoms with E-state index in [1.54, 1.807) is 0 Å². The Bertz CT molecular complexity index is 219. The number of likely N-dealkylation sites (N-methyl/N-ethyl adjacent to an activating group) is 1. The summed E-state index contributed by atoms with van der Waals surface area (Å²) >= 11 is 0. The van der Waals surface area contributed by atoms with E-state index in [1.165, 1.54) is 0 Å². The average Bonchev–Trinajstić information content (AvgIpc) is 2.53. The number of hydrogen-bond acceptors (Lipinski definition) is 7. The highest BCUT2D eigenvalue weighted by Crippen LogP contribution is 1.85. The largest absolute Gasteiger partial charge is 0.379 e. The van der Waals surface area contributed by atoms with Crippen LogP contribution in [0.25, 0.3) is 0 Å². The maximum absolute atomic E-state index is 5.41. The van der Waals surface area contributed by atoms with E-state index in [4.69, 9.17) is 28.4 Å². The van der Waals surface area contributed by atoms with Crippen molar-refractivity contribution in [2.24, 2.45) is 0 Å². The van der Waals surface area contributed by atoms with Crippen LogP contribution in [0.15, 0.2) is 0 Å². The van der Waals surface area contributed by atoms with Gasteiger partial charge >= 0.3 is 0 Å². The van der Waals surface area contributed by atoms with Gasteiger partial charge in [-0.05, 0) is 21.0 Å². The van der Waals surface area contributed by atoms with Gasteiger partial charge in [-0.25, -0.2) is 0 Å². The van der Waals surface area contributed by atoms with Crippen molar-refractivity contribution in [3.05, 3.63) is 0 Å². The Morgan fingerprint density at radius 3 is 1.09 bits per heavy atom. The van der Waals surface area contributed by atoms with Gasteiger partial charge in [-0.2, -0.15) is 0 Å². The molecule has 7 heteroatoms. The maximum Gasteiger partial charge on any atom is 0.0701 e. The van der Waals surface area contributed by atoms with Crippen LogP contribution >= 0.6 is 0 Å². The summed E-state index contributed by atoms with van der Waals surface area (Å²) in [7, 11) is 4.05. The highest BCUT2D eigenvalue weighted by molar-refractivity contribution is 4.40. The molecular formula is C16H35NO6. The van der Waals surface area contributed by atoms with Gasteiger partial charge in [0.2, 0.25) is 0 Å². The standard InChI is InChI=1S/C16H35NO6/c1-4-18-7-8-20-11-12-22-15-16-23-14-13-21-10-9-19-6-5-17(2)3/h4-16H2,1-3H3. The number of rotatable bonds is 19. The van der Waals surface area contributed by atoms with Crippen LogP contribution < -0.4 is 0 Å². The van der Waals surface area contributed by atoms with Crippen LogP contribution in [0.3, 0.4) is 0 Å². The third-order valence-electron chi connectivity index (χ3n) is 2.75. The number of ether oxygens (including phenoxy) is 6. The molecule has 140 valence electrons. The van der Waals surface area contributed by atoms with Gasteiger partial charge in [0.05, 0.1) is 72.7 Å². The molecule has 0 fully saturated rings. The lowest BCUT2D eigenvalue weighted by molar-refractivity contribution is -0.0166. The summed E-state index contributed by atoms with van der Waals surface area (Å²) < 4.78 is 32.1. The smallest absolute Gasteiger partial charge is 0.0701 e. The zero-order chi connectivity index (χ0) is 17.0. The third-order valence-corrected chi connectivity index (χ3v) is 2.75. The van der Waals surface area contributed by atoms with Crippen LogP contribution in [-0.4, -0.2) is 105 Å². The molecule has 0 radical (unpaired) electrons. The SMILES string of the molecule is CCOCCOCCOCCOCCOCCOCCN(C)C. The molecule has 0 aromatic heterocycles. The van der Waals surface area contributed by atoms with Crippen LogP contribution in [0, 0.1) is 0 Å². The number of nitrogens with zero attached hydrogens (tertiary/aromatic N) is 1. The Morgan fingerprint density at radius 1 is 0.478 bits per heavy atom. The molecule has 0 amide bonds. The number of hydrogen-bond donors (Lipinski definition) is 0. The third kappa shape index (κ3) is 21.7. The molecule has 0 bridgehead atoms. The molecule has 0 heterocycles. The minimum Gasteiger partial charge on any atom is -0.379 e. The second-order valence-corrected chi connectivity index (χ2v) is 5.06. The van der Waals surface area contributed by atoms with Crippen molar-refractivity contribution in [3.8, 4) is 0 Å². The minimum atomic E-state index is 0.571. The van der Waals surface area contributed by atoms with E-state index < -0.39 is 0 Å². The molecule has 0 aromatic rings. The van der Waals surface area contributed by atoms with Gasteiger partial charge in [0.25, 0.3) is 0 Å². The molecule has 0 saturated heterocycles. The highest BCUT2D eigenvalue weighted by Gasteiger charge is 1.94. The second-order valence-electron chi connectivity index (χ2n) is 5.06. The van der Waals surface area contributed by atoms with Gasteiger partial charge < -0.3 is 33.3 Å². The fraction of sp³-hybridized carbons (Fsp3) is 1.00. The summed E-state index contributed by atoms with van der Waals surface area (Å²) in [5, 5.41) is 0. The quantitative estimate of drug-likeness (QED) is 0.321. The highest BCUT2D eigenvalue weighted by atomic mass is 16.6. The maximum atomic E-state index is 5.41. The molecule has 0 saturated carbocycles. The van der Waals surface area contributed by atoms with Crippen LogP contribution in [0.2, 0.25) is 0 Å². The molecule has 7 nitrogen and oxygen atoms in total. The van der Waals surface area contributed by atoms with Gasteiger partial charge in [-0.15, -0.1) is 0 Å². The van der Waals surface area contributed by atoms with Crippen molar-refractivity contribution in [3.63, 3.8) is 0 Å². The van der Waals surface area contributed by atoms with Gasteiger partial charge in [0.15, 0.2) is 0 Å². The summed E-state index contributed by atoms with van der Waals surface area (Å²) in [4.78, 5) is 2.09. The first-order valence-electron chi connectivity index (χ1n) is 8.38. The summed E-state index contributed by atoms with van der Waals surface area (Å²) in [6.45, 7) is 10.3. The van der Waals surface area contributed by atoms with Crippen molar-refractivity contribution < 1.29 is 28.4 Å². The van der Waals surface area contributed by atoms with Crippen molar-refractivity contribution >= 4 is 0 Å². The molecular weight excluding hydrogens is 302 g/mol. The molecule has 0 aliphatic heterocycles. The lowest BCUT2D eigenvalue weighted by Gasteiger charge is -2.10. The molecule has 0 rings (SSSR count). The van der Waals surface area contributed by atoms with Crippen LogP contribution in [0.4, 0.5) is 0 Å². The van der Waals surface area contributed by atoms with E-state index in [1.807, 2.05) is 21.0 Å². The predicted octanol–water partition coefficient (Wildman–Crippen LogP) is 0.668. The Balaban J connectivity index is 2.95. The summed E-state index contributed by atoms with van der Waals surface area (Å²) in [5.41, 5.74) is 0. The monoisotopic (exact) mass is 337 g/mol. The molecule has 0 spiro atoms. The fourth-order valence-corrected chi connectivity index (χ4v) is 1.49. The van der Waals surface area contributed by atoms with E-state index in [9.17, 15) is 0 Å². The van der Waals surface area contributed by atoms with E-state index >= 15 is 0 Å². The fourth-order valence-electron chi connectivity index (χ4n) is 1.49. The Morgan fingerprint density at radius 2 is 0.783 bits per heavy atom. The van der Waals surface area contributed by atoms with Crippen molar-refractivity contribution in [2.75, 3.05) is 99.9 Å². The van der Waals surface area contributed by atoms with Crippen molar-refractivity contribution in [1.82, 2.24) is 4.90 Å². The van der Waals surface area contributed by atoms with Gasteiger partial charge in [-0.3, -0.25) is 0 Å².